The molecule has 4 heteroatoms. The molecule has 1 N–H and O–H groups in total. The molecule has 0 aliphatic carbocycles. The summed E-state index contributed by atoms with van der Waals surface area (Å²) in [7, 11) is 0. The van der Waals surface area contributed by atoms with Crippen molar-refractivity contribution in [1.29, 1.82) is 0 Å². The van der Waals surface area contributed by atoms with Gasteiger partial charge in [-0.25, -0.2) is 0 Å². The second-order valence-corrected chi connectivity index (χ2v) is 3.43. The normalized spacial score (nSPS) is 21.8. The van der Waals surface area contributed by atoms with Crippen LogP contribution in [0.2, 0.25) is 0 Å². The lowest BCUT2D eigenvalue weighted by Gasteiger charge is -2.23. The van der Waals surface area contributed by atoms with E-state index in [0.717, 1.165) is 11.1 Å². The van der Waals surface area contributed by atoms with Crippen molar-refractivity contribution in [3.05, 3.63) is 29.6 Å². The molecule has 0 unspecified atom stereocenters. The predicted octanol–water partition coefficient (Wildman–Crippen LogP) is 0.578. The van der Waals surface area contributed by atoms with Gasteiger partial charge in [-0.15, -0.1) is 0 Å². The fourth-order valence-electron chi connectivity index (χ4n) is 1.50. The summed E-state index contributed by atoms with van der Waals surface area (Å²) in [6, 6.07) is 1.95. The summed E-state index contributed by atoms with van der Waals surface area (Å²) < 4.78 is 5.15. The lowest BCUT2D eigenvalue weighted by molar-refractivity contribution is -0.131. The van der Waals surface area contributed by atoms with E-state index in [1.165, 1.54) is 0 Å². The minimum atomic E-state index is -0.0669. The van der Waals surface area contributed by atoms with Crippen LogP contribution in [0, 0.1) is 6.92 Å². The standard InChI is InChI=1S/C10H12N2O2/c1-7-2-8(4-11-3-7)9-5-14-6-10(13)12-9/h2-4,9H,5-6H2,1H3,(H,12,13)/t9-/m0/s1. The maximum Gasteiger partial charge on any atom is 0.246 e. The summed E-state index contributed by atoms with van der Waals surface area (Å²) in [6.45, 7) is 2.66. The third-order valence-electron chi connectivity index (χ3n) is 2.15. The summed E-state index contributed by atoms with van der Waals surface area (Å²) in [6.07, 6.45) is 3.54. The summed E-state index contributed by atoms with van der Waals surface area (Å²) in [5.41, 5.74) is 2.08. The van der Waals surface area contributed by atoms with Crippen LogP contribution in [0.5, 0.6) is 0 Å². The summed E-state index contributed by atoms with van der Waals surface area (Å²) >= 11 is 0. The number of aromatic nitrogens is 1. The van der Waals surface area contributed by atoms with Crippen LogP contribution in [-0.4, -0.2) is 24.1 Å². The molecular formula is C10H12N2O2. The van der Waals surface area contributed by atoms with Crippen molar-refractivity contribution in [2.75, 3.05) is 13.2 Å². The van der Waals surface area contributed by atoms with Crippen molar-refractivity contribution in [3.63, 3.8) is 0 Å². The van der Waals surface area contributed by atoms with Crippen LogP contribution in [0.15, 0.2) is 18.5 Å². The first-order valence-electron chi connectivity index (χ1n) is 4.54. The minimum absolute atomic E-state index is 0.0522. The van der Waals surface area contributed by atoms with Gasteiger partial charge in [-0.3, -0.25) is 9.78 Å². The van der Waals surface area contributed by atoms with Crippen LogP contribution in [-0.2, 0) is 9.53 Å². The van der Waals surface area contributed by atoms with Crippen LogP contribution in [0.25, 0.3) is 0 Å². The first-order valence-corrected chi connectivity index (χ1v) is 4.54. The number of hydrogen-bond acceptors (Lipinski definition) is 3. The fourth-order valence-corrected chi connectivity index (χ4v) is 1.50. The Kier molecular flexibility index (Phi) is 2.45. The Morgan fingerprint density at radius 2 is 2.43 bits per heavy atom. The Morgan fingerprint density at radius 3 is 3.14 bits per heavy atom. The number of nitrogens with one attached hydrogen (secondary N) is 1. The number of hydrogen-bond donors (Lipinski definition) is 1. The molecule has 4 nitrogen and oxygen atoms in total. The van der Waals surface area contributed by atoms with Crippen LogP contribution in [0.4, 0.5) is 0 Å². The Morgan fingerprint density at radius 1 is 1.57 bits per heavy atom. The third-order valence-corrected chi connectivity index (χ3v) is 2.15. The van der Waals surface area contributed by atoms with Gasteiger partial charge < -0.3 is 10.1 Å². The van der Waals surface area contributed by atoms with Gasteiger partial charge in [-0.1, -0.05) is 6.07 Å². The molecule has 14 heavy (non-hydrogen) atoms. The Bertz CT molecular complexity index is 352. The van der Waals surface area contributed by atoms with Crippen LogP contribution in [0.3, 0.4) is 0 Å². The molecule has 1 aromatic rings. The number of amides is 1. The number of carbonyl (C=O) groups is 1. The Labute approximate surface area is 82.3 Å². The Balaban J connectivity index is 2.17. The highest BCUT2D eigenvalue weighted by Gasteiger charge is 2.20. The van der Waals surface area contributed by atoms with Crippen molar-refractivity contribution >= 4 is 5.91 Å². The molecular weight excluding hydrogens is 180 g/mol. The number of rotatable bonds is 1. The second-order valence-electron chi connectivity index (χ2n) is 3.43. The van der Waals surface area contributed by atoms with Crippen molar-refractivity contribution in [2.24, 2.45) is 0 Å². The monoisotopic (exact) mass is 192 g/mol. The van der Waals surface area contributed by atoms with Gasteiger partial charge in [-0.05, 0) is 18.1 Å². The highest BCUT2D eigenvalue weighted by Crippen LogP contribution is 2.15. The molecule has 2 heterocycles. The average Bonchev–Trinajstić information content (AvgIpc) is 2.18. The number of pyridine rings is 1. The van der Waals surface area contributed by atoms with Gasteiger partial charge in [0.1, 0.15) is 6.61 Å². The lowest BCUT2D eigenvalue weighted by atomic mass is 10.1. The topological polar surface area (TPSA) is 51.2 Å². The molecule has 2 rings (SSSR count). The summed E-state index contributed by atoms with van der Waals surface area (Å²) in [5, 5.41) is 2.86. The maximum atomic E-state index is 11.1. The van der Waals surface area contributed by atoms with Crippen molar-refractivity contribution in [2.45, 2.75) is 13.0 Å². The molecule has 0 bridgehead atoms. The Hall–Kier alpha value is -1.42. The van der Waals surface area contributed by atoms with Crippen molar-refractivity contribution in [3.8, 4) is 0 Å². The number of carbonyl (C=O) groups excluding carboxylic acids is 1. The first kappa shape index (κ1) is 9.15. The molecule has 0 radical (unpaired) electrons. The van der Waals surface area contributed by atoms with Gasteiger partial charge in [-0.2, -0.15) is 0 Å². The van der Waals surface area contributed by atoms with E-state index in [1.54, 1.807) is 12.4 Å². The summed E-state index contributed by atoms with van der Waals surface area (Å²) in [4.78, 5) is 15.2. The second kappa shape index (κ2) is 3.75. The lowest BCUT2D eigenvalue weighted by Crippen LogP contribution is -2.39. The molecule has 1 atom stereocenters. The van der Waals surface area contributed by atoms with E-state index in [4.69, 9.17) is 4.74 Å². The minimum Gasteiger partial charge on any atom is -0.369 e. The highest BCUT2D eigenvalue weighted by atomic mass is 16.5. The fraction of sp³-hybridized carbons (Fsp3) is 0.400. The molecule has 1 aliphatic heterocycles. The molecule has 0 saturated carbocycles. The van der Waals surface area contributed by atoms with Gasteiger partial charge in [0.25, 0.3) is 0 Å². The predicted molar refractivity (Wildman–Crippen MR) is 50.7 cm³/mol. The van der Waals surface area contributed by atoms with Crippen LogP contribution in [0.1, 0.15) is 17.2 Å². The molecule has 0 spiro atoms. The van der Waals surface area contributed by atoms with E-state index < -0.39 is 0 Å². The molecule has 1 aromatic heterocycles. The van der Waals surface area contributed by atoms with E-state index in [-0.39, 0.29) is 18.6 Å². The molecule has 1 amide bonds. The molecule has 1 aliphatic rings. The molecule has 1 fully saturated rings. The SMILES string of the molecule is Cc1cncc([C@@H]2COCC(=O)N2)c1. The van der Waals surface area contributed by atoms with E-state index in [0.29, 0.717) is 6.61 Å². The first-order chi connectivity index (χ1) is 6.75. The van der Waals surface area contributed by atoms with Crippen molar-refractivity contribution < 1.29 is 9.53 Å². The van der Waals surface area contributed by atoms with E-state index in [1.807, 2.05) is 13.0 Å². The van der Waals surface area contributed by atoms with E-state index in [2.05, 4.69) is 10.3 Å². The number of morpholine rings is 1. The van der Waals surface area contributed by atoms with E-state index in [9.17, 15) is 4.79 Å². The zero-order chi connectivity index (χ0) is 9.97. The van der Waals surface area contributed by atoms with Gasteiger partial charge >= 0.3 is 0 Å². The van der Waals surface area contributed by atoms with Crippen LogP contribution < -0.4 is 5.32 Å². The number of ether oxygens (including phenoxy) is 1. The average molecular weight is 192 g/mol. The zero-order valence-corrected chi connectivity index (χ0v) is 7.99. The highest BCUT2D eigenvalue weighted by molar-refractivity contribution is 5.78. The quantitative estimate of drug-likeness (QED) is 0.708. The third kappa shape index (κ3) is 1.90. The van der Waals surface area contributed by atoms with Gasteiger partial charge in [0.15, 0.2) is 0 Å². The number of nitrogens with zero attached hydrogens (tertiary/aromatic N) is 1. The van der Waals surface area contributed by atoms with Gasteiger partial charge in [0.2, 0.25) is 5.91 Å². The molecule has 0 aromatic carbocycles. The smallest absolute Gasteiger partial charge is 0.246 e. The summed E-state index contributed by atoms with van der Waals surface area (Å²) in [5.74, 6) is -0.0669. The molecule has 74 valence electrons. The molecule has 1 saturated heterocycles. The van der Waals surface area contributed by atoms with Crippen molar-refractivity contribution in [1.82, 2.24) is 10.3 Å². The number of aryl methyl sites for hydroxylation is 1. The van der Waals surface area contributed by atoms with E-state index >= 15 is 0 Å². The van der Waals surface area contributed by atoms with Gasteiger partial charge in [0.05, 0.1) is 12.6 Å². The van der Waals surface area contributed by atoms with Crippen LogP contribution >= 0.6 is 0 Å². The largest absolute Gasteiger partial charge is 0.369 e. The zero-order valence-electron chi connectivity index (χ0n) is 7.99. The van der Waals surface area contributed by atoms with Gasteiger partial charge in [0, 0.05) is 12.4 Å². The maximum absolute atomic E-state index is 11.1.